The lowest BCUT2D eigenvalue weighted by Gasteiger charge is -2.21. The highest BCUT2D eigenvalue weighted by atomic mass is 32.2. The van der Waals surface area contributed by atoms with Gasteiger partial charge < -0.3 is 10.8 Å². The summed E-state index contributed by atoms with van der Waals surface area (Å²) in [4.78, 5) is 0. The third-order valence-corrected chi connectivity index (χ3v) is 3.04. The van der Waals surface area contributed by atoms with E-state index in [9.17, 15) is 0 Å². The van der Waals surface area contributed by atoms with Crippen molar-refractivity contribution in [2.75, 3.05) is 18.1 Å². The molecule has 0 radical (unpaired) electrons. The quantitative estimate of drug-likeness (QED) is 0.624. The highest BCUT2D eigenvalue weighted by Crippen LogP contribution is 2.13. The first-order valence-corrected chi connectivity index (χ1v) is 6.11. The summed E-state index contributed by atoms with van der Waals surface area (Å²) in [6.07, 6.45) is 2.16. The Labute approximate surface area is 86.3 Å². The van der Waals surface area contributed by atoms with Crippen LogP contribution in [0.5, 0.6) is 0 Å². The molecule has 0 bridgehead atoms. The Kier molecular flexibility index (Phi) is 6.82. The fourth-order valence-corrected chi connectivity index (χ4v) is 2.26. The maximum Gasteiger partial charge on any atom is 0.0608 e. The van der Waals surface area contributed by atoms with Crippen molar-refractivity contribution < 1.29 is 5.11 Å². The van der Waals surface area contributed by atoms with Crippen molar-refractivity contribution >= 4 is 11.8 Å². The van der Waals surface area contributed by atoms with Crippen LogP contribution in [0, 0.1) is 5.92 Å². The number of hydrogen-bond donors (Lipinski definition) is 2. The summed E-state index contributed by atoms with van der Waals surface area (Å²) >= 11 is 1.93. The van der Waals surface area contributed by atoms with Crippen molar-refractivity contribution in [3.63, 3.8) is 0 Å². The Hall–Kier alpha value is 0.270. The Balaban J connectivity index is 3.26. The zero-order chi connectivity index (χ0) is 10.3. The average Bonchev–Trinajstić information content (AvgIpc) is 2.03. The highest BCUT2D eigenvalue weighted by Gasteiger charge is 2.15. The number of rotatable bonds is 7. The van der Waals surface area contributed by atoms with Crippen molar-refractivity contribution in [2.45, 2.75) is 39.2 Å². The molecule has 0 aromatic rings. The van der Waals surface area contributed by atoms with Gasteiger partial charge in [0, 0.05) is 5.54 Å². The molecule has 80 valence electrons. The van der Waals surface area contributed by atoms with Crippen LogP contribution in [0.1, 0.15) is 33.6 Å². The molecule has 0 rings (SSSR count). The predicted octanol–water partition coefficient (Wildman–Crippen LogP) is 1.87. The minimum absolute atomic E-state index is 0.0811. The molecule has 1 unspecified atom stereocenters. The molecule has 13 heavy (non-hydrogen) atoms. The van der Waals surface area contributed by atoms with Crippen LogP contribution in [0.25, 0.3) is 0 Å². The number of thioether (sulfide) groups is 1. The minimum atomic E-state index is -0.384. The number of aliphatic hydroxyl groups is 1. The van der Waals surface area contributed by atoms with Gasteiger partial charge in [-0.1, -0.05) is 13.8 Å². The summed E-state index contributed by atoms with van der Waals surface area (Å²) in [5.41, 5.74) is 5.41. The summed E-state index contributed by atoms with van der Waals surface area (Å²) in [6.45, 7) is 6.45. The topological polar surface area (TPSA) is 46.2 Å². The van der Waals surface area contributed by atoms with Crippen LogP contribution in [-0.2, 0) is 0 Å². The fraction of sp³-hybridized carbons (Fsp3) is 1.00. The third-order valence-electron chi connectivity index (χ3n) is 2.02. The molecule has 3 N–H and O–H groups in total. The van der Waals surface area contributed by atoms with Crippen molar-refractivity contribution in [2.24, 2.45) is 11.7 Å². The molecule has 0 spiro atoms. The van der Waals surface area contributed by atoms with Crippen LogP contribution < -0.4 is 5.73 Å². The van der Waals surface area contributed by atoms with E-state index in [2.05, 4.69) is 13.8 Å². The van der Waals surface area contributed by atoms with Gasteiger partial charge in [0.2, 0.25) is 0 Å². The Morgan fingerprint density at radius 1 is 1.38 bits per heavy atom. The molecule has 3 heteroatoms. The summed E-state index contributed by atoms with van der Waals surface area (Å²) < 4.78 is 0. The predicted molar refractivity (Wildman–Crippen MR) is 61.1 cm³/mol. The van der Waals surface area contributed by atoms with Gasteiger partial charge in [0.25, 0.3) is 0 Å². The van der Waals surface area contributed by atoms with Crippen LogP contribution in [0.4, 0.5) is 0 Å². The van der Waals surface area contributed by atoms with E-state index >= 15 is 0 Å². The second kappa shape index (κ2) is 6.68. The summed E-state index contributed by atoms with van der Waals surface area (Å²) in [7, 11) is 0. The highest BCUT2D eigenvalue weighted by molar-refractivity contribution is 7.99. The summed E-state index contributed by atoms with van der Waals surface area (Å²) in [5, 5.41) is 8.90. The molecule has 0 amide bonds. The lowest BCUT2D eigenvalue weighted by atomic mass is 10.0. The van der Waals surface area contributed by atoms with E-state index in [1.54, 1.807) is 0 Å². The number of nitrogens with two attached hydrogens (primary N) is 1. The maximum atomic E-state index is 8.90. The monoisotopic (exact) mass is 205 g/mol. The van der Waals surface area contributed by atoms with E-state index in [0.29, 0.717) is 0 Å². The van der Waals surface area contributed by atoms with Gasteiger partial charge >= 0.3 is 0 Å². The SMILES string of the molecule is CC(C)CCSCCC(C)(N)CO. The molecular weight excluding hydrogens is 182 g/mol. The number of hydrogen-bond acceptors (Lipinski definition) is 3. The molecule has 0 aliphatic heterocycles. The molecule has 0 saturated heterocycles. The van der Waals surface area contributed by atoms with E-state index in [0.717, 1.165) is 18.1 Å². The largest absolute Gasteiger partial charge is 0.394 e. The van der Waals surface area contributed by atoms with E-state index in [4.69, 9.17) is 10.8 Å². The maximum absolute atomic E-state index is 8.90. The van der Waals surface area contributed by atoms with Crippen LogP contribution in [0.3, 0.4) is 0 Å². The molecule has 0 aliphatic rings. The first-order chi connectivity index (χ1) is 5.98. The van der Waals surface area contributed by atoms with Crippen molar-refractivity contribution in [3.05, 3.63) is 0 Å². The molecule has 0 aromatic heterocycles. The third kappa shape index (κ3) is 8.60. The first kappa shape index (κ1) is 13.3. The van der Waals surface area contributed by atoms with Crippen LogP contribution in [0.15, 0.2) is 0 Å². The van der Waals surface area contributed by atoms with Crippen molar-refractivity contribution in [3.8, 4) is 0 Å². The molecule has 0 fully saturated rings. The van der Waals surface area contributed by atoms with E-state index < -0.39 is 0 Å². The second-order valence-corrected chi connectivity index (χ2v) is 5.58. The van der Waals surface area contributed by atoms with Gasteiger partial charge in [-0.15, -0.1) is 0 Å². The molecule has 1 atom stereocenters. The van der Waals surface area contributed by atoms with E-state index in [-0.39, 0.29) is 12.1 Å². The molecule has 0 aliphatic carbocycles. The van der Waals surface area contributed by atoms with Gasteiger partial charge in [-0.25, -0.2) is 0 Å². The molecule has 0 heterocycles. The molecule has 2 nitrogen and oxygen atoms in total. The van der Waals surface area contributed by atoms with Gasteiger partial charge in [-0.05, 0) is 37.2 Å². The normalized spacial score (nSPS) is 16.2. The smallest absolute Gasteiger partial charge is 0.0608 e. The van der Waals surface area contributed by atoms with Gasteiger partial charge in [0.1, 0.15) is 0 Å². The molecular formula is C10H23NOS. The zero-order valence-electron chi connectivity index (χ0n) is 9.05. The standard InChI is InChI=1S/C10H23NOS/c1-9(2)4-6-13-7-5-10(3,11)8-12/h9,12H,4-8,11H2,1-3H3. The number of aliphatic hydroxyl groups excluding tert-OH is 1. The second-order valence-electron chi connectivity index (χ2n) is 4.36. The van der Waals surface area contributed by atoms with Gasteiger partial charge in [-0.3, -0.25) is 0 Å². The molecule has 0 saturated carbocycles. The molecule has 0 aromatic carbocycles. The Bertz CT molecular complexity index is 126. The first-order valence-electron chi connectivity index (χ1n) is 4.95. The lowest BCUT2D eigenvalue weighted by molar-refractivity contribution is 0.206. The van der Waals surface area contributed by atoms with Crippen LogP contribution >= 0.6 is 11.8 Å². The van der Waals surface area contributed by atoms with Crippen LogP contribution in [0.2, 0.25) is 0 Å². The lowest BCUT2D eigenvalue weighted by Crippen LogP contribution is -2.40. The van der Waals surface area contributed by atoms with Gasteiger partial charge in [0.05, 0.1) is 6.61 Å². The Morgan fingerprint density at radius 2 is 2.00 bits per heavy atom. The van der Waals surface area contributed by atoms with E-state index in [1.807, 2.05) is 18.7 Å². The van der Waals surface area contributed by atoms with Gasteiger partial charge in [-0.2, -0.15) is 11.8 Å². The average molecular weight is 205 g/mol. The van der Waals surface area contributed by atoms with E-state index in [1.165, 1.54) is 12.2 Å². The van der Waals surface area contributed by atoms with Crippen LogP contribution in [-0.4, -0.2) is 28.8 Å². The Morgan fingerprint density at radius 3 is 2.46 bits per heavy atom. The van der Waals surface area contributed by atoms with Gasteiger partial charge in [0.15, 0.2) is 0 Å². The van der Waals surface area contributed by atoms with Crippen molar-refractivity contribution in [1.29, 1.82) is 0 Å². The van der Waals surface area contributed by atoms with Crippen molar-refractivity contribution in [1.82, 2.24) is 0 Å². The summed E-state index contributed by atoms with van der Waals surface area (Å²) in [6, 6.07) is 0. The zero-order valence-corrected chi connectivity index (χ0v) is 9.86. The minimum Gasteiger partial charge on any atom is -0.394 e. The summed E-state index contributed by atoms with van der Waals surface area (Å²) in [5.74, 6) is 3.05. The fourth-order valence-electron chi connectivity index (χ4n) is 0.805.